The van der Waals surface area contributed by atoms with Gasteiger partial charge in [-0.2, -0.15) is 0 Å². The summed E-state index contributed by atoms with van der Waals surface area (Å²) in [5.74, 6) is 1.37. The third-order valence-electron chi connectivity index (χ3n) is 3.54. The SMILES string of the molecule is CC1CN(C)C(C)C1Cc1noc(=O)[nH]1. The molecular weight excluding hydrogens is 194 g/mol. The molecule has 1 fully saturated rings. The van der Waals surface area contributed by atoms with Gasteiger partial charge in [0.05, 0.1) is 0 Å². The van der Waals surface area contributed by atoms with E-state index in [1.807, 2.05) is 0 Å². The molecule has 1 N–H and O–H groups in total. The van der Waals surface area contributed by atoms with Gasteiger partial charge in [0.2, 0.25) is 0 Å². The second-order valence-corrected chi connectivity index (χ2v) is 4.57. The van der Waals surface area contributed by atoms with E-state index in [1.54, 1.807) is 0 Å². The van der Waals surface area contributed by atoms with Gasteiger partial charge in [0.25, 0.3) is 0 Å². The lowest BCUT2D eigenvalue weighted by Crippen LogP contribution is -2.27. The van der Waals surface area contributed by atoms with Crippen molar-refractivity contribution in [3.63, 3.8) is 0 Å². The molecule has 0 radical (unpaired) electrons. The normalized spacial score (nSPS) is 32.3. The van der Waals surface area contributed by atoms with Crippen LogP contribution in [0.4, 0.5) is 0 Å². The van der Waals surface area contributed by atoms with Gasteiger partial charge in [0.15, 0.2) is 5.82 Å². The van der Waals surface area contributed by atoms with Crippen molar-refractivity contribution >= 4 is 0 Å². The molecule has 3 unspecified atom stereocenters. The van der Waals surface area contributed by atoms with Gasteiger partial charge in [-0.3, -0.25) is 9.51 Å². The molecule has 1 aliphatic rings. The van der Waals surface area contributed by atoms with Crippen molar-refractivity contribution in [3.8, 4) is 0 Å². The number of aromatic nitrogens is 2. The molecule has 0 aromatic carbocycles. The minimum absolute atomic E-state index is 0.461. The molecule has 0 amide bonds. The Morgan fingerprint density at radius 3 is 2.80 bits per heavy atom. The van der Waals surface area contributed by atoms with E-state index < -0.39 is 5.76 Å². The summed E-state index contributed by atoms with van der Waals surface area (Å²) in [4.78, 5) is 15.7. The highest BCUT2D eigenvalue weighted by Crippen LogP contribution is 2.30. The van der Waals surface area contributed by atoms with E-state index in [4.69, 9.17) is 0 Å². The standard InChI is InChI=1S/C10H17N3O2/c1-6-5-13(3)7(2)8(6)4-9-11-10(14)15-12-9/h6-8H,4-5H2,1-3H3,(H,11,12,14). The van der Waals surface area contributed by atoms with Crippen LogP contribution in [0.5, 0.6) is 0 Å². The molecule has 1 saturated heterocycles. The predicted octanol–water partition coefficient (Wildman–Crippen LogP) is 0.492. The van der Waals surface area contributed by atoms with E-state index in [1.165, 1.54) is 0 Å². The van der Waals surface area contributed by atoms with Gasteiger partial charge in [0, 0.05) is 19.0 Å². The number of nitrogens with zero attached hydrogens (tertiary/aromatic N) is 2. The van der Waals surface area contributed by atoms with Crippen LogP contribution in [0.2, 0.25) is 0 Å². The summed E-state index contributed by atoms with van der Waals surface area (Å²) >= 11 is 0. The lowest BCUT2D eigenvalue weighted by molar-refractivity contribution is 0.285. The minimum Gasteiger partial charge on any atom is -0.303 e. The zero-order valence-corrected chi connectivity index (χ0v) is 9.36. The molecular formula is C10H17N3O2. The van der Waals surface area contributed by atoms with Gasteiger partial charge in [-0.1, -0.05) is 12.1 Å². The van der Waals surface area contributed by atoms with Crippen molar-refractivity contribution in [1.82, 2.24) is 15.0 Å². The van der Waals surface area contributed by atoms with Crippen LogP contribution in [0.1, 0.15) is 19.7 Å². The first-order valence-corrected chi connectivity index (χ1v) is 5.33. The molecule has 3 atom stereocenters. The molecule has 0 aliphatic carbocycles. The Morgan fingerprint density at radius 1 is 1.60 bits per heavy atom. The van der Waals surface area contributed by atoms with Crippen molar-refractivity contribution < 1.29 is 4.52 Å². The number of hydrogen-bond acceptors (Lipinski definition) is 4. The lowest BCUT2D eigenvalue weighted by Gasteiger charge is -2.20. The number of nitrogens with one attached hydrogen (secondary N) is 1. The van der Waals surface area contributed by atoms with Crippen LogP contribution < -0.4 is 5.76 Å². The second-order valence-electron chi connectivity index (χ2n) is 4.57. The molecule has 84 valence electrons. The maximum Gasteiger partial charge on any atom is 0.438 e. The molecule has 0 spiro atoms. The fourth-order valence-electron chi connectivity index (χ4n) is 2.50. The number of hydrogen-bond donors (Lipinski definition) is 1. The molecule has 5 nitrogen and oxygen atoms in total. The number of rotatable bonds is 2. The lowest BCUT2D eigenvalue weighted by atomic mass is 9.89. The monoisotopic (exact) mass is 211 g/mol. The fraction of sp³-hybridized carbons (Fsp3) is 0.800. The van der Waals surface area contributed by atoms with E-state index >= 15 is 0 Å². The van der Waals surface area contributed by atoms with E-state index in [0.29, 0.717) is 23.7 Å². The summed E-state index contributed by atoms with van der Waals surface area (Å²) in [5.41, 5.74) is 0. The number of H-pyrrole nitrogens is 1. The van der Waals surface area contributed by atoms with Crippen molar-refractivity contribution in [2.45, 2.75) is 26.3 Å². The largest absolute Gasteiger partial charge is 0.438 e. The quantitative estimate of drug-likeness (QED) is 0.773. The smallest absolute Gasteiger partial charge is 0.303 e. The molecule has 1 aromatic heterocycles. The highest BCUT2D eigenvalue weighted by Gasteiger charge is 2.34. The highest BCUT2D eigenvalue weighted by molar-refractivity contribution is 4.93. The average molecular weight is 211 g/mol. The topological polar surface area (TPSA) is 62.1 Å². The van der Waals surface area contributed by atoms with E-state index in [-0.39, 0.29) is 0 Å². The van der Waals surface area contributed by atoms with Gasteiger partial charge < -0.3 is 4.90 Å². The first kappa shape index (κ1) is 10.4. The average Bonchev–Trinajstić information content (AvgIpc) is 2.67. The maximum absolute atomic E-state index is 10.8. The zero-order valence-electron chi connectivity index (χ0n) is 9.36. The molecule has 0 bridgehead atoms. The predicted molar refractivity (Wildman–Crippen MR) is 55.6 cm³/mol. The molecule has 5 heteroatoms. The summed E-state index contributed by atoms with van der Waals surface area (Å²) in [5, 5.41) is 3.71. The first-order chi connectivity index (χ1) is 7.08. The number of likely N-dealkylation sites (tertiary alicyclic amines) is 1. The number of aromatic amines is 1. The van der Waals surface area contributed by atoms with Crippen LogP contribution in [-0.2, 0) is 6.42 Å². The minimum atomic E-state index is -0.461. The van der Waals surface area contributed by atoms with Crippen molar-refractivity contribution in [2.75, 3.05) is 13.6 Å². The van der Waals surface area contributed by atoms with Crippen LogP contribution >= 0.6 is 0 Å². The molecule has 1 aromatic rings. The Morgan fingerprint density at radius 2 is 2.33 bits per heavy atom. The first-order valence-electron chi connectivity index (χ1n) is 5.33. The Kier molecular flexibility index (Phi) is 2.65. The fourth-order valence-corrected chi connectivity index (χ4v) is 2.50. The molecule has 1 aliphatic heterocycles. The zero-order chi connectivity index (χ0) is 11.0. The summed E-state index contributed by atoms with van der Waals surface area (Å²) in [7, 11) is 2.13. The molecule has 2 rings (SSSR count). The Labute approximate surface area is 88.5 Å². The van der Waals surface area contributed by atoms with Crippen LogP contribution in [0.25, 0.3) is 0 Å². The summed E-state index contributed by atoms with van der Waals surface area (Å²) in [6, 6.07) is 0.528. The van der Waals surface area contributed by atoms with E-state index in [9.17, 15) is 4.79 Å². The van der Waals surface area contributed by atoms with Crippen LogP contribution in [0.15, 0.2) is 9.32 Å². The molecule has 0 saturated carbocycles. The van der Waals surface area contributed by atoms with Crippen LogP contribution in [-0.4, -0.2) is 34.7 Å². The van der Waals surface area contributed by atoms with Crippen molar-refractivity contribution in [2.24, 2.45) is 11.8 Å². The summed E-state index contributed by atoms with van der Waals surface area (Å²) in [6.45, 7) is 5.56. The Balaban J connectivity index is 2.08. The van der Waals surface area contributed by atoms with Crippen LogP contribution in [0.3, 0.4) is 0 Å². The Bertz CT molecular complexity index is 384. The van der Waals surface area contributed by atoms with Gasteiger partial charge in [-0.25, -0.2) is 4.79 Å². The van der Waals surface area contributed by atoms with Gasteiger partial charge in [0.1, 0.15) is 0 Å². The van der Waals surface area contributed by atoms with Gasteiger partial charge in [-0.05, 0) is 25.8 Å². The summed E-state index contributed by atoms with van der Waals surface area (Å²) < 4.78 is 4.50. The van der Waals surface area contributed by atoms with Gasteiger partial charge >= 0.3 is 5.76 Å². The Hall–Kier alpha value is -1.10. The van der Waals surface area contributed by atoms with Crippen molar-refractivity contribution in [1.29, 1.82) is 0 Å². The van der Waals surface area contributed by atoms with Crippen molar-refractivity contribution in [3.05, 3.63) is 16.4 Å². The maximum atomic E-state index is 10.8. The van der Waals surface area contributed by atoms with Gasteiger partial charge in [-0.15, -0.1) is 0 Å². The molecule has 15 heavy (non-hydrogen) atoms. The third-order valence-corrected chi connectivity index (χ3v) is 3.54. The second kappa shape index (κ2) is 3.81. The molecule has 2 heterocycles. The third kappa shape index (κ3) is 1.97. The highest BCUT2D eigenvalue weighted by atomic mass is 16.5. The summed E-state index contributed by atoms with van der Waals surface area (Å²) in [6.07, 6.45) is 0.790. The van der Waals surface area contributed by atoms with E-state index in [2.05, 4.69) is 40.5 Å². The van der Waals surface area contributed by atoms with Crippen LogP contribution in [0, 0.1) is 11.8 Å². The van der Waals surface area contributed by atoms with E-state index in [0.717, 1.165) is 13.0 Å².